The summed E-state index contributed by atoms with van der Waals surface area (Å²) in [5.41, 5.74) is 1.36. The van der Waals surface area contributed by atoms with Gasteiger partial charge in [-0.05, 0) is 30.8 Å². The Hall–Kier alpha value is -0.870. The normalized spacial score (nSPS) is 26.7. The standard InChI is InChI=1S/C12H20O4/c1-7-4-8(13)6-12(2,3)11(7)9(14)5-10(15)16/h8-9,13-14H,4-6H2,1-3H3,(H,15,16)/t8-,9-/m0/s1. The zero-order valence-corrected chi connectivity index (χ0v) is 10.0. The Kier molecular flexibility index (Phi) is 3.76. The van der Waals surface area contributed by atoms with E-state index in [2.05, 4.69) is 0 Å². The minimum Gasteiger partial charge on any atom is -0.481 e. The van der Waals surface area contributed by atoms with Crippen LogP contribution in [0.1, 0.15) is 40.0 Å². The Balaban J connectivity index is 2.98. The molecule has 3 N–H and O–H groups in total. The number of carbonyl (C=O) groups is 1. The van der Waals surface area contributed by atoms with Crippen LogP contribution in [0.4, 0.5) is 0 Å². The van der Waals surface area contributed by atoms with Crippen LogP contribution in [0.5, 0.6) is 0 Å². The molecule has 0 radical (unpaired) electrons. The summed E-state index contributed by atoms with van der Waals surface area (Å²) in [5, 5.41) is 28.3. The second-order valence-corrected chi connectivity index (χ2v) is 5.25. The molecular formula is C12H20O4. The molecule has 1 aliphatic carbocycles. The monoisotopic (exact) mass is 228 g/mol. The molecule has 0 bridgehead atoms. The summed E-state index contributed by atoms with van der Waals surface area (Å²) >= 11 is 0. The molecular weight excluding hydrogens is 208 g/mol. The van der Waals surface area contributed by atoms with Gasteiger partial charge in [0.15, 0.2) is 0 Å². The van der Waals surface area contributed by atoms with Crippen LogP contribution in [-0.4, -0.2) is 33.5 Å². The SMILES string of the molecule is CC1=C([C@@H](O)CC(=O)O)C(C)(C)C[C@@H](O)C1. The van der Waals surface area contributed by atoms with Gasteiger partial charge in [-0.2, -0.15) is 0 Å². The largest absolute Gasteiger partial charge is 0.481 e. The van der Waals surface area contributed by atoms with E-state index >= 15 is 0 Å². The van der Waals surface area contributed by atoms with E-state index in [4.69, 9.17) is 5.11 Å². The van der Waals surface area contributed by atoms with Crippen molar-refractivity contribution in [2.75, 3.05) is 0 Å². The predicted octanol–water partition coefficient (Wildman–Crippen LogP) is 1.32. The number of aliphatic hydroxyl groups is 2. The number of carboxylic acid groups (broad SMARTS) is 1. The van der Waals surface area contributed by atoms with Gasteiger partial charge in [0.1, 0.15) is 0 Å². The molecule has 0 aromatic rings. The lowest BCUT2D eigenvalue weighted by Crippen LogP contribution is -2.35. The van der Waals surface area contributed by atoms with Gasteiger partial charge >= 0.3 is 5.97 Å². The van der Waals surface area contributed by atoms with Gasteiger partial charge in [-0.3, -0.25) is 4.79 Å². The summed E-state index contributed by atoms with van der Waals surface area (Å²) in [6, 6.07) is 0. The van der Waals surface area contributed by atoms with Crippen LogP contribution in [0.15, 0.2) is 11.1 Å². The lowest BCUT2D eigenvalue weighted by molar-refractivity contribution is -0.138. The molecule has 0 saturated heterocycles. The third-order valence-electron chi connectivity index (χ3n) is 3.18. The number of hydrogen-bond donors (Lipinski definition) is 3. The van der Waals surface area contributed by atoms with Crippen molar-refractivity contribution in [3.8, 4) is 0 Å². The summed E-state index contributed by atoms with van der Waals surface area (Å²) < 4.78 is 0. The van der Waals surface area contributed by atoms with E-state index in [1.54, 1.807) is 0 Å². The van der Waals surface area contributed by atoms with Gasteiger partial charge in [0.05, 0.1) is 18.6 Å². The number of hydrogen-bond acceptors (Lipinski definition) is 3. The molecule has 0 aromatic heterocycles. The summed E-state index contributed by atoms with van der Waals surface area (Å²) in [6.07, 6.45) is -0.520. The first-order valence-electron chi connectivity index (χ1n) is 5.52. The highest BCUT2D eigenvalue weighted by Crippen LogP contribution is 2.42. The van der Waals surface area contributed by atoms with Gasteiger partial charge in [0.2, 0.25) is 0 Å². The average Bonchev–Trinajstić information content (AvgIpc) is 1.96. The summed E-state index contributed by atoms with van der Waals surface area (Å²) in [6.45, 7) is 5.71. The molecule has 0 aliphatic heterocycles. The van der Waals surface area contributed by atoms with Crippen LogP contribution in [0.2, 0.25) is 0 Å². The Labute approximate surface area is 95.6 Å². The van der Waals surface area contributed by atoms with Crippen LogP contribution in [0.25, 0.3) is 0 Å². The Morgan fingerprint density at radius 2 is 2.12 bits per heavy atom. The van der Waals surface area contributed by atoms with E-state index in [0.29, 0.717) is 12.8 Å². The highest BCUT2D eigenvalue weighted by Gasteiger charge is 2.36. The number of aliphatic carboxylic acids is 1. The second kappa shape index (κ2) is 4.55. The molecule has 4 heteroatoms. The van der Waals surface area contributed by atoms with E-state index in [0.717, 1.165) is 11.1 Å². The predicted molar refractivity (Wildman–Crippen MR) is 60.0 cm³/mol. The molecule has 0 spiro atoms. The van der Waals surface area contributed by atoms with Gasteiger partial charge in [0, 0.05) is 0 Å². The number of aliphatic hydroxyl groups excluding tert-OH is 2. The molecule has 16 heavy (non-hydrogen) atoms. The first-order valence-corrected chi connectivity index (χ1v) is 5.52. The van der Waals surface area contributed by atoms with Crippen molar-refractivity contribution in [3.63, 3.8) is 0 Å². The molecule has 0 saturated carbocycles. The molecule has 1 rings (SSSR count). The molecule has 1 aliphatic rings. The average molecular weight is 228 g/mol. The Morgan fingerprint density at radius 3 is 2.56 bits per heavy atom. The third kappa shape index (κ3) is 2.83. The molecule has 0 unspecified atom stereocenters. The van der Waals surface area contributed by atoms with Crippen molar-refractivity contribution in [1.29, 1.82) is 0 Å². The topological polar surface area (TPSA) is 77.8 Å². The van der Waals surface area contributed by atoms with Crippen LogP contribution < -0.4 is 0 Å². The Bertz CT molecular complexity index is 317. The summed E-state index contributed by atoms with van der Waals surface area (Å²) in [4.78, 5) is 10.6. The minimum atomic E-state index is -1.00. The van der Waals surface area contributed by atoms with E-state index in [9.17, 15) is 15.0 Å². The van der Waals surface area contributed by atoms with E-state index in [1.165, 1.54) is 0 Å². The Morgan fingerprint density at radius 1 is 1.56 bits per heavy atom. The first kappa shape index (κ1) is 13.2. The fourth-order valence-electron chi connectivity index (χ4n) is 2.82. The molecule has 0 aromatic carbocycles. The molecule has 0 heterocycles. The maximum absolute atomic E-state index is 10.6. The smallest absolute Gasteiger partial charge is 0.306 e. The molecule has 4 nitrogen and oxygen atoms in total. The highest BCUT2D eigenvalue weighted by atomic mass is 16.4. The van der Waals surface area contributed by atoms with Crippen molar-refractivity contribution in [3.05, 3.63) is 11.1 Å². The second-order valence-electron chi connectivity index (χ2n) is 5.25. The van der Waals surface area contributed by atoms with E-state index in [-0.39, 0.29) is 11.8 Å². The zero-order valence-electron chi connectivity index (χ0n) is 10.0. The molecule has 0 amide bonds. The van der Waals surface area contributed by atoms with Crippen LogP contribution in [0.3, 0.4) is 0 Å². The maximum Gasteiger partial charge on any atom is 0.306 e. The number of rotatable bonds is 3. The number of carboxylic acids is 1. The van der Waals surface area contributed by atoms with Crippen LogP contribution in [0, 0.1) is 5.41 Å². The quantitative estimate of drug-likeness (QED) is 0.637. The first-order chi connectivity index (χ1) is 7.24. The van der Waals surface area contributed by atoms with Gasteiger partial charge < -0.3 is 15.3 Å². The highest BCUT2D eigenvalue weighted by molar-refractivity contribution is 5.68. The van der Waals surface area contributed by atoms with Crippen molar-refractivity contribution in [2.24, 2.45) is 5.41 Å². The summed E-state index contributed by atoms with van der Waals surface area (Å²) in [5.74, 6) is -1.00. The van der Waals surface area contributed by atoms with E-state index in [1.807, 2.05) is 20.8 Å². The lowest BCUT2D eigenvalue weighted by Gasteiger charge is -2.39. The van der Waals surface area contributed by atoms with Crippen LogP contribution in [-0.2, 0) is 4.79 Å². The van der Waals surface area contributed by atoms with Crippen molar-refractivity contribution in [1.82, 2.24) is 0 Å². The molecule has 0 fully saturated rings. The van der Waals surface area contributed by atoms with Gasteiger partial charge in [0.25, 0.3) is 0 Å². The molecule has 92 valence electrons. The maximum atomic E-state index is 10.6. The lowest BCUT2D eigenvalue weighted by atomic mass is 9.69. The van der Waals surface area contributed by atoms with Crippen LogP contribution >= 0.6 is 0 Å². The molecule has 2 atom stereocenters. The third-order valence-corrected chi connectivity index (χ3v) is 3.18. The van der Waals surface area contributed by atoms with Crippen molar-refractivity contribution >= 4 is 5.97 Å². The van der Waals surface area contributed by atoms with Crippen molar-refractivity contribution in [2.45, 2.75) is 52.2 Å². The minimum absolute atomic E-state index is 0.272. The fourth-order valence-corrected chi connectivity index (χ4v) is 2.82. The van der Waals surface area contributed by atoms with Gasteiger partial charge in [-0.1, -0.05) is 19.4 Å². The van der Waals surface area contributed by atoms with Gasteiger partial charge in [-0.25, -0.2) is 0 Å². The zero-order chi connectivity index (χ0) is 12.5. The fraction of sp³-hybridized carbons (Fsp3) is 0.750. The summed E-state index contributed by atoms with van der Waals surface area (Å²) in [7, 11) is 0. The van der Waals surface area contributed by atoms with Gasteiger partial charge in [-0.15, -0.1) is 0 Å². The van der Waals surface area contributed by atoms with Crippen molar-refractivity contribution < 1.29 is 20.1 Å². The van der Waals surface area contributed by atoms with E-state index < -0.39 is 18.2 Å².